The van der Waals surface area contributed by atoms with E-state index in [1.165, 1.54) is 19.3 Å². The second-order valence-corrected chi connectivity index (χ2v) is 19.2. The maximum absolute atomic E-state index is 13.1. The lowest BCUT2D eigenvalue weighted by molar-refractivity contribution is -0.301. The van der Waals surface area contributed by atoms with Gasteiger partial charge in [-0.25, -0.2) is 4.79 Å². The van der Waals surface area contributed by atoms with Crippen LogP contribution in [0, 0.1) is 0 Å². The summed E-state index contributed by atoms with van der Waals surface area (Å²) < 4.78 is 28.2. The molecule has 1 aliphatic rings. The SMILES string of the molecule is CC/C=C\C/C=C\C/C=C\C/C=C\C/C=C\C/C=C\CCC(=O)OCC(COC1OC(C(=O)O)C(O)C(O)C1OC(=O)C/C=C\C/C=C\C/C=C\C/C=C\C/C=C\CC)OC(=O)CCCCCCC/C=C\C/C=C\CCCCC. The van der Waals surface area contributed by atoms with E-state index in [1.807, 2.05) is 24.3 Å². The van der Waals surface area contributed by atoms with Crippen molar-refractivity contribution in [2.45, 2.75) is 225 Å². The second-order valence-electron chi connectivity index (χ2n) is 19.2. The lowest BCUT2D eigenvalue weighted by atomic mass is 9.98. The average Bonchev–Trinajstić information content (AvgIpc) is 3.46. The van der Waals surface area contributed by atoms with E-state index < -0.39 is 67.3 Å². The average molecular weight is 1100 g/mol. The van der Waals surface area contributed by atoms with E-state index in [0.29, 0.717) is 25.7 Å². The first kappa shape index (κ1) is 71.4. The Morgan fingerprint density at radius 2 is 0.861 bits per heavy atom. The Morgan fingerprint density at radius 1 is 0.443 bits per heavy atom. The zero-order valence-corrected chi connectivity index (χ0v) is 48.3. The summed E-state index contributed by atoms with van der Waals surface area (Å²) in [6, 6.07) is 0. The van der Waals surface area contributed by atoms with Gasteiger partial charge in [-0.1, -0.05) is 211 Å². The molecule has 3 N–H and O–H groups in total. The molecule has 0 aromatic rings. The molecule has 1 saturated heterocycles. The van der Waals surface area contributed by atoms with Crippen LogP contribution in [0.15, 0.2) is 158 Å². The Balaban J connectivity index is 2.81. The zero-order valence-electron chi connectivity index (χ0n) is 48.3. The highest BCUT2D eigenvalue weighted by molar-refractivity contribution is 5.74. The van der Waals surface area contributed by atoms with Crippen LogP contribution >= 0.6 is 0 Å². The number of esters is 3. The molecule has 6 atom stereocenters. The molecule has 0 aliphatic carbocycles. The van der Waals surface area contributed by atoms with Crippen LogP contribution in [-0.2, 0) is 42.9 Å². The number of carboxylic acids is 1. The van der Waals surface area contributed by atoms with Gasteiger partial charge in [-0.05, 0) is 116 Å². The molecule has 12 nitrogen and oxygen atoms in total. The number of aliphatic carboxylic acids is 1. The first-order chi connectivity index (χ1) is 38.6. The molecule has 1 heterocycles. The molecule has 79 heavy (non-hydrogen) atoms. The van der Waals surface area contributed by atoms with Gasteiger partial charge >= 0.3 is 23.9 Å². The largest absolute Gasteiger partial charge is 0.479 e. The van der Waals surface area contributed by atoms with E-state index in [2.05, 4.69) is 142 Å². The van der Waals surface area contributed by atoms with Gasteiger partial charge in [0.15, 0.2) is 24.6 Å². The Kier molecular flexibility index (Phi) is 47.9. The standard InChI is InChI=1S/C67H100O12/c1-4-7-10-13-16-19-22-25-28-29-30-31-34-35-38-41-44-47-50-53-59(68)75-56-58(77-60(69)54-51-48-45-42-39-36-32-26-23-20-17-14-11-8-5-2)57-76-67-65(63(72)62(71)64(79-67)66(73)74)78-61(70)55-52-49-46-43-40-37-33-27-24-21-18-15-12-9-6-3/h7,9-10,12,16-21,25-28,30-33,35,38,40,43-44,47,49,52,58,62-65,67,71-72H,4-6,8,11,13-15,22-24,29,34,36-37,39,41-42,45-46,48,50-51,53-57H2,1-3H3,(H,73,74)/b10-7-,12-9-,19-16-,20-17-,21-18-,28-25-,31-30-,32-26-,33-27-,38-35-,43-40-,47-44-,52-49-. The van der Waals surface area contributed by atoms with Crippen LogP contribution < -0.4 is 0 Å². The van der Waals surface area contributed by atoms with Crippen LogP contribution in [-0.4, -0.2) is 89.2 Å². The van der Waals surface area contributed by atoms with E-state index in [0.717, 1.165) is 103 Å². The summed E-state index contributed by atoms with van der Waals surface area (Å²) >= 11 is 0. The van der Waals surface area contributed by atoms with Crippen molar-refractivity contribution >= 4 is 23.9 Å². The lowest BCUT2D eigenvalue weighted by Crippen LogP contribution is -2.61. The maximum atomic E-state index is 13.1. The smallest absolute Gasteiger partial charge is 0.335 e. The van der Waals surface area contributed by atoms with Gasteiger partial charge in [-0.3, -0.25) is 14.4 Å². The third-order valence-electron chi connectivity index (χ3n) is 12.1. The summed E-state index contributed by atoms with van der Waals surface area (Å²) in [5.41, 5.74) is 0. The van der Waals surface area contributed by atoms with Crippen molar-refractivity contribution in [3.05, 3.63) is 158 Å². The van der Waals surface area contributed by atoms with Gasteiger partial charge in [0.25, 0.3) is 0 Å². The minimum Gasteiger partial charge on any atom is -0.479 e. The van der Waals surface area contributed by atoms with E-state index in [1.54, 1.807) is 12.2 Å². The summed E-state index contributed by atoms with van der Waals surface area (Å²) in [7, 11) is 0. The van der Waals surface area contributed by atoms with Crippen LogP contribution in [0.3, 0.4) is 0 Å². The van der Waals surface area contributed by atoms with Crippen molar-refractivity contribution in [3.8, 4) is 0 Å². The predicted octanol–water partition coefficient (Wildman–Crippen LogP) is 15.3. The number of rotatable bonds is 47. The molecule has 1 rings (SSSR count). The molecular weight excluding hydrogens is 997 g/mol. The first-order valence-electron chi connectivity index (χ1n) is 29.5. The highest BCUT2D eigenvalue weighted by Crippen LogP contribution is 2.26. The molecule has 0 spiro atoms. The van der Waals surface area contributed by atoms with Crippen molar-refractivity contribution in [1.29, 1.82) is 0 Å². The van der Waals surface area contributed by atoms with Gasteiger partial charge in [-0.15, -0.1) is 0 Å². The Hall–Kier alpha value is -5.66. The molecular formula is C67H100O12. The number of unbranched alkanes of at least 4 members (excludes halogenated alkanes) is 8. The predicted molar refractivity (Wildman–Crippen MR) is 321 cm³/mol. The van der Waals surface area contributed by atoms with Gasteiger partial charge in [0.1, 0.15) is 18.8 Å². The monoisotopic (exact) mass is 1100 g/mol. The van der Waals surface area contributed by atoms with Crippen molar-refractivity contribution in [2.75, 3.05) is 13.2 Å². The first-order valence-corrected chi connectivity index (χ1v) is 29.5. The Morgan fingerprint density at radius 3 is 1.33 bits per heavy atom. The summed E-state index contributed by atoms with van der Waals surface area (Å²) in [6.07, 6.45) is 65.3. The third-order valence-corrected chi connectivity index (χ3v) is 12.1. The number of carboxylic acid groups (broad SMARTS) is 1. The maximum Gasteiger partial charge on any atom is 0.335 e. The highest BCUT2D eigenvalue weighted by Gasteiger charge is 2.50. The quantitative estimate of drug-likeness (QED) is 0.0228. The third kappa shape index (κ3) is 42.9. The summed E-state index contributed by atoms with van der Waals surface area (Å²) in [4.78, 5) is 51.1. The molecule has 1 fully saturated rings. The Bertz CT molecular complexity index is 1980. The van der Waals surface area contributed by atoms with E-state index in [9.17, 15) is 34.5 Å². The molecule has 0 saturated carbocycles. The van der Waals surface area contributed by atoms with Crippen molar-refractivity contribution in [3.63, 3.8) is 0 Å². The van der Waals surface area contributed by atoms with Crippen molar-refractivity contribution < 1.29 is 58.2 Å². The molecule has 440 valence electrons. The fraction of sp³-hybridized carbons (Fsp3) is 0.552. The molecule has 0 aromatic carbocycles. The highest BCUT2D eigenvalue weighted by atomic mass is 16.7. The Labute approximate surface area is 475 Å². The van der Waals surface area contributed by atoms with Gasteiger partial charge < -0.3 is 39.0 Å². The fourth-order valence-corrected chi connectivity index (χ4v) is 7.67. The number of ether oxygens (including phenoxy) is 5. The van der Waals surface area contributed by atoms with Crippen LogP contribution in [0.2, 0.25) is 0 Å². The minimum atomic E-state index is -1.96. The summed E-state index contributed by atoms with van der Waals surface area (Å²) in [5.74, 6) is -3.44. The number of aliphatic hydroxyl groups is 2. The molecule has 0 bridgehead atoms. The van der Waals surface area contributed by atoms with E-state index >= 15 is 0 Å². The van der Waals surface area contributed by atoms with Crippen molar-refractivity contribution in [1.82, 2.24) is 0 Å². The molecule has 6 unspecified atom stereocenters. The molecule has 0 amide bonds. The molecule has 0 radical (unpaired) electrons. The molecule has 12 heteroatoms. The summed E-state index contributed by atoms with van der Waals surface area (Å²) in [5, 5.41) is 31.4. The van der Waals surface area contributed by atoms with Crippen LogP contribution in [0.4, 0.5) is 0 Å². The number of carbonyl (C=O) groups excluding carboxylic acids is 3. The van der Waals surface area contributed by atoms with Gasteiger partial charge in [-0.2, -0.15) is 0 Å². The molecule has 0 aromatic heterocycles. The zero-order chi connectivity index (χ0) is 57.5. The summed E-state index contributed by atoms with van der Waals surface area (Å²) in [6.45, 7) is 5.59. The number of hydrogen-bond acceptors (Lipinski definition) is 11. The van der Waals surface area contributed by atoms with Gasteiger partial charge in [0.2, 0.25) is 0 Å². The normalized spacial score (nSPS) is 19.0. The fourth-order valence-electron chi connectivity index (χ4n) is 7.67. The topological polar surface area (TPSA) is 175 Å². The number of aliphatic hydroxyl groups excluding tert-OH is 2. The number of carbonyl (C=O) groups is 4. The van der Waals surface area contributed by atoms with Gasteiger partial charge in [0.05, 0.1) is 13.0 Å². The second kappa shape index (κ2) is 53.0. The van der Waals surface area contributed by atoms with E-state index in [-0.39, 0.29) is 25.9 Å². The number of hydrogen-bond donors (Lipinski definition) is 3. The van der Waals surface area contributed by atoms with Crippen molar-refractivity contribution in [2.24, 2.45) is 0 Å². The lowest BCUT2D eigenvalue weighted by Gasteiger charge is -2.40. The minimum absolute atomic E-state index is 0.0711. The van der Waals surface area contributed by atoms with Crippen LogP contribution in [0.5, 0.6) is 0 Å². The van der Waals surface area contributed by atoms with Crippen LogP contribution in [0.25, 0.3) is 0 Å². The van der Waals surface area contributed by atoms with Crippen LogP contribution in [0.1, 0.15) is 188 Å². The van der Waals surface area contributed by atoms with E-state index in [4.69, 9.17) is 23.7 Å². The molecule has 1 aliphatic heterocycles. The van der Waals surface area contributed by atoms with Gasteiger partial charge in [0, 0.05) is 12.8 Å². The number of allylic oxidation sites excluding steroid dienone is 25.